The Morgan fingerprint density at radius 3 is 2.35 bits per heavy atom. The van der Waals surface area contributed by atoms with Gasteiger partial charge in [-0.1, -0.05) is 30.3 Å². The van der Waals surface area contributed by atoms with Crippen LogP contribution in [0.1, 0.15) is 41.9 Å². The van der Waals surface area contributed by atoms with E-state index in [1.807, 2.05) is 0 Å². The molecular formula is C25H23N3O5S. The van der Waals surface area contributed by atoms with Crippen LogP contribution in [0.3, 0.4) is 0 Å². The molecule has 174 valence electrons. The number of phenolic OH excluding ortho intramolecular Hbond substituents is 2. The highest BCUT2D eigenvalue weighted by molar-refractivity contribution is 7.71. The normalized spacial score (nSPS) is 17.8. The molecule has 8 nitrogen and oxygen atoms in total. The Morgan fingerprint density at radius 2 is 1.65 bits per heavy atom. The molecule has 1 saturated heterocycles. The van der Waals surface area contributed by atoms with E-state index in [1.54, 1.807) is 41.3 Å². The van der Waals surface area contributed by atoms with E-state index in [0.717, 1.165) is 19.3 Å². The predicted molar refractivity (Wildman–Crippen MR) is 128 cm³/mol. The van der Waals surface area contributed by atoms with Crippen molar-refractivity contribution in [2.45, 2.75) is 25.2 Å². The third-order valence-corrected chi connectivity index (χ3v) is 6.44. The molecular weight excluding hydrogens is 454 g/mol. The summed E-state index contributed by atoms with van der Waals surface area (Å²) in [7, 11) is 0. The number of nitrogens with zero attached hydrogens (tertiary/aromatic N) is 1. The van der Waals surface area contributed by atoms with E-state index in [4.69, 9.17) is 17.0 Å². The Balaban J connectivity index is 1.84. The summed E-state index contributed by atoms with van der Waals surface area (Å²) in [4.78, 5) is 34.3. The standard InChI is InChI=1S/C25H23N3O5S/c29-16-10-4-2-8-14(16)18-19(24(32)28-12-6-1-7-13-28)21(15-9-3-5-11-17(15)30)33-23-20(18)22(31)26-25(34)27-23/h2-5,8-11,18,29-30H,1,6-7,12-13H2,(H2,26,27,31,34). The van der Waals surface area contributed by atoms with Gasteiger partial charge in [0.25, 0.3) is 11.5 Å². The number of aromatic hydroxyl groups is 2. The molecule has 1 atom stereocenters. The number of nitrogens with one attached hydrogen (secondary N) is 2. The Kier molecular flexibility index (Phi) is 5.70. The second kappa shape index (κ2) is 8.83. The molecule has 1 amide bonds. The van der Waals surface area contributed by atoms with Crippen LogP contribution < -0.4 is 10.3 Å². The summed E-state index contributed by atoms with van der Waals surface area (Å²) < 4.78 is 6.18. The zero-order chi connectivity index (χ0) is 23.8. The second-order valence-corrected chi connectivity index (χ2v) is 8.77. The smallest absolute Gasteiger partial charge is 0.259 e. The summed E-state index contributed by atoms with van der Waals surface area (Å²) in [5, 5.41) is 21.4. The molecule has 0 saturated carbocycles. The van der Waals surface area contributed by atoms with Gasteiger partial charge in [0.15, 0.2) is 4.77 Å². The van der Waals surface area contributed by atoms with Gasteiger partial charge < -0.3 is 24.8 Å². The van der Waals surface area contributed by atoms with Crippen molar-refractivity contribution in [2.24, 2.45) is 0 Å². The average Bonchev–Trinajstić information content (AvgIpc) is 2.83. The number of fused-ring (bicyclic) bond motifs is 1. The van der Waals surface area contributed by atoms with Gasteiger partial charge in [0.2, 0.25) is 5.88 Å². The summed E-state index contributed by atoms with van der Waals surface area (Å²) in [6, 6.07) is 13.1. The number of aromatic amines is 2. The number of carbonyl (C=O) groups is 1. The molecule has 0 bridgehead atoms. The lowest BCUT2D eigenvalue weighted by Gasteiger charge is -2.34. The number of aromatic nitrogens is 2. The minimum atomic E-state index is -0.954. The molecule has 1 aromatic heterocycles. The Morgan fingerprint density at radius 1 is 0.971 bits per heavy atom. The molecule has 2 aromatic carbocycles. The minimum Gasteiger partial charge on any atom is -0.508 e. The number of likely N-dealkylation sites (tertiary alicyclic amines) is 1. The maximum Gasteiger partial charge on any atom is 0.259 e. The minimum absolute atomic E-state index is 0.0576. The first-order chi connectivity index (χ1) is 16.5. The van der Waals surface area contributed by atoms with Crippen molar-refractivity contribution in [3.8, 4) is 17.4 Å². The lowest BCUT2D eigenvalue weighted by Crippen LogP contribution is -2.40. The number of benzene rings is 2. The molecule has 1 unspecified atom stereocenters. The molecule has 4 N–H and O–H groups in total. The topological polar surface area (TPSA) is 119 Å². The largest absolute Gasteiger partial charge is 0.508 e. The fourth-order valence-electron chi connectivity index (χ4n) is 4.65. The number of amides is 1. The van der Waals surface area contributed by atoms with E-state index in [9.17, 15) is 19.8 Å². The first kappa shape index (κ1) is 22.0. The highest BCUT2D eigenvalue weighted by Crippen LogP contribution is 2.47. The third-order valence-electron chi connectivity index (χ3n) is 6.24. The van der Waals surface area contributed by atoms with Crippen molar-refractivity contribution in [1.82, 2.24) is 14.9 Å². The fourth-order valence-corrected chi connectivity index (χ4v) is 4.83. The van der Waals surface area contributed by atoms with Crippen LogP contribution in [0.2, 0.25) is 0 Å². The van der Waals surface area contributed by atoms with Gasteiger partial charge in [-0.3, -0.25) is 14.6 Å². The number of carbonyl (C=O) groups excluding carboxylic acids is 1. The van der Waals surface area contributed by atoms with Crippen LogP contribution in [0.4, 0.5) is 0 Å². The third kappa shape index (κ3) is 3.77. The second-order valence-electron chi connectivity index (χ2n) is 8.36. The molecule has 3 aromatic rings. The van der Waals surface area contributed by atoms with Crippen molar-refractivity contribution in [3.05, 3.63) is 85.9 Å². The number of hydrogen-bond acceptors (Lipinski definition) is 6. The molecule has 9 heteroatoms. The summed E-state index contributed by atoms with van der Waals surface area (Å²) in [5.41, 5.74) is 0.459. The SMILES string of the molecule is O=C(C1=C(c2ccccc2O)Oc2[nH]c(=S)[nH]c(=O)c2C1c1ccccc1O)N1CCCCC1. The fraction of sp³-hybridized carbons (Fsp3) is 0.240. The summed E-state index contributed by atoms with van der Waals surface area (Å²) in [5.74, 6) is -1.23. The zero-order valence-electron chi connectivity index (χ0n) is 18.2. The molecule has 0 spiro atoms. The van der Waals surface area contributed by atoms with Crippen LogP contribution in [0.5, 0.6) is 17.4 Å². The van der Waals surface area contributed by atoms with E-state index < -0.39 is 11.5 Å². The molecule has 3 heterocycles. The highest BCUT2D eigenvalue weighted by Gasteiger charge is 2.41. The molecule has 5 rings (SSSR count). The van der Waals surface area contributed by atoms with Gasteiger partial charge in [-0.05, 0) is 49.7 Å². The Bertz CT molecular complexity index is 1420. The number of para-hydroxylation sites is 2. The molecule has 2 aliphatic heterocycles. The summed E-state index contributed by atoms with van der Waals surface area (Å²) in [6.07, 6.45) is 2.78. The number of rotatable bonds is 3. The van der Waals surface area contributed by atoms with Crippen LogP contribution in [0.15, 0.2) is 58.9 Å². The number of piperidine rings is 1. The first-order valence-corrected chi connectivity index (χ1v) is 11.5. The van der Waals surface area contributed by atoms with E-state index in [-0.39, 0.29) is 45.0 Å². The van der Waals surface area contributed by atoms with Crippen LogP contribution in [-0.4, -0.2) is 44.1 Å². The maximum atomic E-state index is 14.0. The summed E-state index contributed by atoms with van der Waals surface area (Å²) in [6.45, 7) is 1.15. The molecule has 1 fully saturated rings. The Hall–Kier alpha value is -3.85. The van der Waals surface area contributed by atoms with E-state index in [0.29, 0.717) is 24.2 Å². The van der Waals surface area contributed by atoms with Crippen molar-refractivity contribution in [2.75, 3.05) is 13.1 Å². The van der Waals surface area contributed by atoms with Gasteiger partial charge >= 0.3 is 0 Å². The van der Waals surface area contributed by atoms with Crippen molar-refractivity contribution >= 4 is 23.9 Å². The van der Waals surface area contributed by atoms with E-state index in [2.05, 4.69) is 9.97 Å². The van der Waals surface area contributed by atoms with Crippen LogP contribution >= 0.6 is 12.2 Å². The molecule has 34 heavy (non-hydrogen) atoms. The van der Waals surface area contributed by atoms with Crippen LogP contribution in [-0.2, 0) is 4.79 Å². The lowest BCUT2D eigenvalue weighted by molar-refractivity contribution is -0.128. The van der Waals surface area contributed by atoms with Gasteiger partial charge in [0.05, 0.1) is 22.6 Å². The lowest BCUT2D eigenvalue weighted by atomic mass is 9.81. The number of ether oxygens (including phenoxy) is 1. The van der Waals surface area contributed by atoms with Crippen molar-refractivity contribution in [1.29, 1.82) is 0 Å². The van der Waals surface area contributed by atoms with Crippen molar-refractivity contribution < 1.29 is 19.7 Å². The first-order valence-electron chi connectivity index (χ1n) is 11.1. The average molecular weight is 478 g/mol. The van der Waals surface area contributed by atoms with Gasteiger partial charge in [-0.2, -0.15) is 0 Å². The number of H-pyrrole nitrogens is 2. The molecule has 2 aliphatic rings. The quantitative estimate of drug-likeness (QED) is 0.426. The van der Waals surface area contributed by atoms with Crippen LogP contribution in [0.25, 0.3) is 5.76 Å². The highest BCUT2D eigenvalue weighted by atomic mass is 32.1. The number of phenols is 2. The van der Waals surface area contributed by atoms with Crippen LogP contribution in [0, 0.1) is 4.77 Å². The zero-order valence-corrected chi connectivity index (χ0v) is 19.0. The van der Waals surface area contributed by atoms with Gasteiger partial charge in [0.1, 0.15) is 17.3 Å². The molecule has 0 aliphatic carbocycles. The summed E-state index contributed by atoms with van der Waals surface area (Å²) >= 11 is 5.15. The Labute approximate surface area is 200 Å². The van der Waals surface area contributed by atoms with Crippen molar-refractivity contribution in [3.63, 3.8) is 0 Å². The van der Waals surface area contributed by atoms with E-state index in [1.165, 1.54) is 12.1 Å². The van der Waals surface area contributed by atoms with Gasteiger partial charge in [-0.25, -0.2) is 0 Å². The van der Waals surface area contributed by atoms with E-state index >= 15 is 0 Å². The van der Waals surface area contributed by atoms with Gasteiger partial charge in [0, 0.05) is 18.7 Å². The maximum absolute atomic E-state index is 14.0. The monoisotopic (exact) mass is 477 g/mol. The predicted octanol–water partition coefficient (Wildman–Crippen LogP) is 3.79. The number of hydrogen-bond donors (Lipinski definition) is 4. The molecule has 0 radical (unpaired) electrons. The van der Waals surface area contributed by atoms with Gasteiger partial charge in [-0.15, -0.1) is 0 Å².